The zero-order chi connectivity index (χ0) is 11.7. The molecule has 7 heteroatoms. The number of hydrogen-bond acceptors (Lipinski definition) is 5. The molecule has 6 nitrogen and oxygen atoms in total. The molecule has 17 heavy (non-hydrogen) atoms. The van der Waals surface area contributed by atoms with Gasteiger partial charge in [0.25, 0.3) is 5.91 Å². The van der Waals surface area contributed by atoms with E-state index in [1.807, 2.05) is 24.3 Å². The number of amides is 1. The number of carbonyl (C=O) groups excluding carboxylic acids is 1. The number of carbonyl (C=O) groups is 1. The van der Waals surface area contributed by atoms with Crippen molar-refractivity contribution in [3.8, 4) is 0 Å². The predicted octanol–water partition coefficient (Wildman–Crippen LogP) is 1.67. The van der Waals surface area contributed by atoms with Gasteiger partial charge in [-0.1, -0.05) is 16.6 Å². The molecule has 0 aliphatic rings. The first-order valence-electron chi connectivity index (χ1n) is 4.86. The van der Waals surface area contributed by atoms with Crippen LogP contribution in [0.1, 0.15) is 10.5 Å². The first-order chi connectivity index (χ1) is 8.34. The molecule has 1 amide bonds. The van der Waals surface area contributed by atoms with Gasteiger partial charge in [0.2, 0.25) is 0 Å². The topological polar surface area (TPSA) is 83.6 Å². The molecule has 0 saturated carbocycles. The van der Waals surface area contributed by atoms with Crippen LogP contribution in [0.3, 0.4) is 0 Å². The molecule has 0 radical (unpaired) electrons. The second-order valence-corrected chi connectivity index (χ2v) is 3.97. The second kappa shape index (κ2) is 3.95. The van der Waals surface area contributed by atoms with E-state index in [0.29, 0.717) is 11.5 Å². The SMILES string of the molecule is O=C(Nc1n[nH]c2ccccc12)c1csnn1. The summed E-state index contributed by atoms with van der Waals surface area (Å²) in [6, 6.07) is 7.56. The zero-order valence-corrected chi connectivity index (χ0v) is 9.36. The van der Waals surface area contributed by atoms with Crippen molar-refractivity contribution in [2.24, 2.45) is 0 Å². The van der Waals surface area contributed by atoms with Gasteiger partial charge in [0, 0.05) is 10.8 Å². The molecular weight excluding hydrogens is 238 g/mol. The van der Waals surface area contributed by atoms with Gasteiger partial charge in [-0.05, 0) is 23.7 Å². The van der Waals surface area contributed by atoms with Gasteiger partial charge in [-0.25, -0.2) is 0 Å². The average Bonchev–Trinajstić information content (AvgIpc) is 2.98. The van der Waals surface area contributed by atoms with Crippen molar-refractivity contribution in [3.05, 3.63) is 35.3 Å². The maximum atomic E-state index is 11.8. The summed E-state index contributed by atoms with van der Waals surface area (Å²) in [6.07, 6.45) is 0. The van der Waals surface area contributed by atoms with Crippen LogP contribution in [-0.2, 0) is 0 Å². The van der Waals surface area contributed by atoms with Crippen LogP contribution in [0.15, 0.2) is 29.6 Å². The van der Waals surface area contributed by atoms with Crippen molar-refractivity contribution >= 4 is 34.2 Å². The number of nitrogens with one attached hydrogen (secondary N) is 2. The lowest BCUT2D eigenvalue weighted by molar-refractivity contribution is 0.102. The van der Waals surface area contributed by atoms with E-state index in [-0.39, 0.29) is 5.91 Å². The molecule has 0 aliphatic carbocycles. The van der Waals surface area contributed by atoms with Gasteiger partial charge in [-0.2, -0.15) is 5.10 Å². The fourth-order valence-corrected chi connectivity index (χ4v) is 1.93. The monoisotopic (exact) mass is 245 g/mol. The molecule has 3 rings (SSSR count). The number of hydrogen-bond donors (Lipinski definition) is 2. The molecule has 2 heterocycles. The van der Waals surface area contributed by atoms with Crippen molar-refractivity contribution in [2.75, 3.05) is 5.32 Å². The minimum atomic E-state index is -0.309. The Hall–Kier alpha value is -2.28. The van der Waals surface area contributed by atoms with Crippen molar-refractivity contribution in [3.63, 3.8) is 0 Å². The highest BCUT2D eigenvalue weighted by Crippen LogP contribution is 2.19. The quantitative estimate of drug-likeness (QED) is 0.719. The molecule has 2 aromatic heterocycles. The predicted molar refractivity (Wildman–Crippen MR) is 64.0 cm³/mol. The largest absolute Gasteiger partial charge is 0.303 e. The molecule has 0 aliphatic heterocycles. The number of fused-ring (bicyclic) bond motifs is 1. The van der Waals surface area contributed by atoms with Crippen LogP contribution < -0.4 is 5.32 Å². The third kappa shape index (κ3) is 1.76. The maximum Gasteiger partial charge on any atom is 0.278 e. The number of para-hydroxylation sites is 1. The van der Waals surface area contributed by atoms with Crippen LogP contribution in [0.5, 0.6) is 0 Å². The molecule has 0 saturated heterocycles. The summed E-state index contributed by atoms with van der Waals surface area (Å²) in [5.41, 5.74) is 1.17. The van der Waals surface area contributed by atoms with Gasteiger partial charge in [0.1, 0.15) is 0 Å². The van der Waals surface area contributed by atoms with Crippen LogP contribution in [0.25, 0.3) is 10.9 Å². The van der Waals surface area contributed by atoms with Crippen molar-refractivity contribution in [1.29, 1.82) is 0 Å². The first kappa shape index (κ1) is 9.91. The minimum Gasteiger partial charge on any atom is -0.303 e. The second-order valence-electron chi connectivity index (χ2n) is 3.36. The number of benzene rings is 1. The third-order valence-corrected chi connectivity index (χ3v) is 2.80. The van der Waals surface area contributed by atoms with Crippen LogP contribution in [0.4, 0.5) is 5.82 Å². The van der Waals surface area contributed by atoms with E-state index in [2.05, 4.69) is 25.1 Å². The summed E-state index contributed by atoms with van der Waals surface area (Å²) in [5.74, 6) is 0.189. The zero-order valence-electron chi connectivity index (χ0n) is 8.54. The van der Waals surface area contributed by atoms with E-state index in [0.717, 1.165) is 22.4 Å². The molecule has 1 aromatic carbocycles. The molecule has 0 bridgehead atoms. The number of H-pyrrole nitrogens is 1. The summed E-state index contributed by atoms with van der Waals surface area (Å²) >= 11 is 1.13. The fraction of sp³-hybridized carbons (Fsp3) is 0. The Morgan fingerprint density at radius 3 is 3.06 bits per heavy atom. The highest BCUT2D eigenvalue weighted by atomic mass is 32.1. The Kier molecular flexibility index (Phi) is 2.30. The standard InChI is InChI=1S/C10H7N5OS/c16-10(8-5-17-15-13-8)11-9-6-3-1-2-4-7(6)12-14-9/h1-5H,(H2,11,12,14,16). The molecule has 2 N–H and O–H groups in total. The molecule has 84 valence electrons. The van der Waals surface area contributed by atoms with Crippen LogP contribution in [0.2, 0.25) is 0 Å². The number of nitrogens with zero attached hydrogens (tertiary/aromatic N) is 3. The molecule has 0 fully saturated rings. The average molecular weight is 245 g/mol. The van der Waals surface area contributed by atoms with Gasteiger partial charge in [-0.3, -0.25) is 9.89 Å². The Morgan fingerprint density at radius 2 is 2.24 bits per heavy atom. The van der Waals surface area contributed by atoms with E-state index in [1.165, 1.54) is 0 Å². The van der Waals surface area contributed by atoms with Gasteiger partial charge < -0.3 is 5.32 Å². The summed E-state index contributed by atoms with van der Waals surface area (Å²) in [4.78, 5) is 11.8. The van der Waals surface area contributed by atoms with Crippen molar-refractivity contribution < 1.29 is 4.79 Å². The molecule has 0 atom stereocenters. The summed E-state index contributed by atoms with van der Waals surface area (Å²) in [5, 5.41) is 15.7. The molecule has 0 unspecified atom stereocenters. The highest BCUT2D eigenvalue weighted by molar-refractivity contribution is 7.03. The third-order valence-electron chi connectivity index (χ3n) is 2.29. The number of aromatic amines is 1. The van der Waals surface area contributed by atoms with E-state index >= 15 is 0 Å². The van der Waals surface area contributed by atoms with Crippen LogP contribution in [0, 0.1) is 0 Å². The first-order valence-corrected chi connectivity index (χ1v) is 5.70. The molecule has 3 aromatic rings. The minimum absolute atomic E-state index is 0.294. The lowest BCUT2D eigenvalue weighted by atomic mass is 10.2. The molecular formula is C10H7N5OS. The number of rotatable bonds is 2. The van der Waals surface area contributed by atoms with E-state index < -0.39 is 0 Å². The summed E-state index contributed by atoms with van der Waals surface area (Å²) < 4.78 is 3.64. The van der Waals surface area contributed by atoms with Gasteiger partial charge in [-0.15, -0.1) is 5.10 Å². The lowest BCUT2D eigenvalue weighted by Gasteiger charge is -1.98. The van der Waals surface area contributed by atoms with E-state index in [4.69, 9.17) is 0 Å². The maximum absolute atomic E-state index is 11.8. The Labute approximate surface area is 99.8 Å². The molecule has 0 spiro atoms. The van der Waals surface area contributed by atoms with Gasteiger partial charge in [0.15, 0.2) is 11.5 Å². The Balaban J connectivity index is 1.93. The van der Waals surface area contributed by atoms with Crippen molar-refractivity contribution in [2.45, 2.75) is 0 Å². The van der Waals surface area contributed by atoms with Gasteiger partial charge in [0.05, 0.1) is 5.52 Å². The number of aromatic nitrogens is 4. The highest BCUT2D eigenvalue weighted by Gasteiger charge is 2.12. The van der Waals surface area contributed by atoms with Crippen molar-refractivity contribution in [1.82, 2.24) is 19.8 Å². The fourth-order valence-electron chi connectivity index (χ4n) is 1.49. The van der Waals surface area contributed by atoms with Gasteiger partial charge >= 0.3 is 0 Å². The van der Waals surface area contributed by atoms with E-state index in [9.17, 15) is 4.79 Å². The smallest absolute Gasteiger partial charge is 0.278 e. The summed E-state index contributed by atoms with van der Waals surface area (Å²) in [7, 11) is 0. The van der Waals surface area contributed by atoms with Crippen LogP contribution >= 0.6 is 11.5 Å². The number of anilines is 1. The lowest BCUT2D eigenvalue weighted by Crippen LogP contribution is -2.12. The summed E-state index contributed by atoms with van der Waals surface area (Å²) in [6.45, 7) is 0. The Morgan fingerprint density at radius 1 is 1.35 bits per heavy atom. The normalized spacial score (nSPS) is 10.6. The van der Waals surface area contributed by atoms with Crippen LogP contribution in [-0.4, -0.2) is 25.7 Å². The van der Waals surface area contributed by atoms with E-state index in [1.54, 1.807) is 5.38 Å². The Bertz CT molecular complexity index is 660.